The monoisotopic (exact) mass is 572 g/mol. The molecular formula is C31H33FN6O2S. The fraction of sp³-hybridized carbons (Fsp3) is 0.258. The van der Waals surface area contributed by atoms with Crippen LogP contribution in [0.4, 0.5) is 21.7 Å². The van der Waals surface area contributed by atoms with E-state index < -0.39 is 6.04 Å². The van der Waals surface area contributed by atoms with E-state index in [1.807, 2.05) is 37.3 Å². The summed E-state index contributed by atoms with van der Waals surface area (Å²) in [7, 11) is 1.57. The average molecular weight is 573 g/mol. The van der Waals surface area contributed by atoms with Crippen LogP contribution in [0.5, 0.6) is 5.75 Å². The van der Waals surface area contributed by atoms with Crippen molar-refractivity contribution in [1.82, 2.24) is 14.8 Å². The molecule has 4 aromatic rings. The van der Waals surface area contributed by atoms with Crippen molar-refractivity contribution in [2.75, 3.05) is 35.7 Å². The number of nitrogens with one attached hydrogen (secondary N) is 2. The highest BCUT2D eigenvalue weighted by Gasteiger charge is 2.34. The number of hydrogen-bond donors (Lipinski definition) is 2. The molecule has 1 unspecified atom stereocenters. The van der Waals surface area contributed by atoms with Gasteiger partial charge in [-0.15, -0.1) is 5.10 Å². The van der Waals surface area contributed by atoms with E-state index in [9.17, 15) is 9.18 Å². The predicted octanol–water partition coefficient (Wildman–Crippen LogP) is 6.49. The summed E-state index contributed by atoms with van der Waals surface area (Å²) in [5, 5.41) is 11.6. The Labute approximate surface area is 243 Å². The van der Waals surface area contributed by atoms with Gasteiger partial charge < -0.3 is 20.3 Å². The topological polar surface area (TPSA) is 84.3 Å². The molecule has 1 amide bonds. The third-order valence-electron chi connectivity index (χ3n) is 7.08. The van der Waals surface area contributed by atoms with E-state index in [0.29, 0.717) is 45.1 Å². The van der Waals surface area contributed by atoms with E-state index in [-0.39, 0.29) is 11.7 Å². The van der Waals surface area contributed by atoms with Gasteiger partial charge >= 0.3 is 0 Å². The average Bonchev–Trinajstić information content (AvgIpc) is 3.39. The summed E-state index contributed by atoms with van der Waals surface area (Å²) in [6.07, 6.45) is 0. The number of amides is 1. The number of hydrogen-bond acceptors (Lipinski definition) is 7. The van der Waals surface area contributed by atoms with Gasteiger partial charge in [-0.3, -0.25) is 4.79 Å². The minimum atomic E-state index is -0.540. The van der Waals surface area contributed by atoms with Crippen LogP contribution in [0, 0.1) is 5.82 Å². The number of benzene rings is 3. The quantitative estimate of drug-likeness (QED) is 0.210. The number of methoxy groups -OCH3 is 1. The Morgan fingerprint density at radius 2 is 1.78 bits per heavy atom. The molecule has 0 saturated carbocycles. The molecule has 1 aromatic heterocycles. The zero-order valence-corrected chi connectivity index (χ0v) is 24.3. The predicted molar refractivity (Wildman–Crippen MR) is 162 cm³/mol. The van der Waals surface area contributed by atoms with E-state index in [2.05, 4.69) is 46.5 Å². The lowest BCUT2D eigenvalue weighted by atomic mass is 9.94. The van der Waals surface area contributed by atoms with Gasteiger partial charge in [-0.05, 0) is 62.2 Å². The van der Waals surface area contributed by atoms with Crippen molar-refractivity contribution in [1.29, 1.82) is 0 Å². The molecule has 2 heterocycles. The molecule has 0 fully saturated rings. The van der Waals surface area contributed by atoms with Gasteiger partial charge in [0, 0.05) is 30.2 Å². The standard InChI is InChI=1S/C31H33FN6O2S/c1-5-37(6-2)23-17-15-21(16-18-23)28-27(29(39)34-25-13-9-10-14-26(25)40-4)20(3)33-30-35-31(36-38(28)30)41-19-22-11-7-8-12-24(22)32/h7-18,28H,5-6,19H2,1-4H3,(H,34,39)(H,33,35,36). The normalized spacial score (nSPS) is 14.3. The van der Waals surface area contributed by atoms with Gasteiger partial charge in [-0.25, -0.2) is 9.07 Å². The molecule has 0 saturated heterocycles. The Balaban J connectivity index is 1.51. The summed E-state index contributed by atoms with van der Waals surface area (Å²) in [6.45, 7) is 7.89. The number of fused-ring (bicyclic) bond motifs is 1. The maximum atomic E-state index is 14.2. The smallest absolute Gasteiger partial charge is 0.255 e. The number of ether oxygens (including phenoxy) is 1. The highest BCUT2D eigenvalue weighted by Crippen LogP contribution is 2.38. The number of halogens is 1. The van der Waals surface area contributed by atoms with Crippen LogP contribution in [0.3, 0.4) is 0 Å². The van der Waals surface area contributed by atoms with Crippen molar-refractivity contribution in [3.8, 4) is 5.75 Å². The van der Waals surface area contributed by atoms with E-state index in [0.717, 1.165) is 24.3 Å². The zero-order valence-electron chi connectivity index (χ0n) is 23.5. The number of nitrogens with zero attached hydrogens (tertiary/aromatic N) is 4. The third kappa shape index (κ3) is 5.92. The molecule has 1 aliphatic heterocycles. The fourth-order valence-electron chi connectivity index (χ4n) is 4.95. The van der Waals surface area contributed by atoms with Gasteiger partial charge in [0.25, 0.3) is 5.91 Å². The molecule has 0 bridgehead atoms. The number of aromatic nitrogens is 3. The Morgan fingerprint density at radius 1 is 1.07 bits per heavy atom. The Bertz CT molecular complexity index is 1570. The second-order valence-corrected chi connectivity index (χ2v) is 10.5. The molecule has 3 aromatic carbocycles. The molecule has 2 N–H and O–H groups in total. The maximum Gasteiger partial charge on any atom is 0.255 e. The number of carbonyl (C=O) groups is 1. The highest BCUT2D eigenvalue weighted by atomic mass is 32.2. The van der Waals surface area contributed by atoms with Gasteiger partial charge in [-0.1, -0.05) is 54.2 Å². The zero-order chi connectivity index (χ0) is 28.9. The van der Waals surface area contributed by atoms with Gasteiger partial charge in [0.2, 0.25) is 11.1 Å². The molecule has 8 nitrogen and oxygen atoms in total. The van der Waals surface area contributed by atoms with Crippen molar-refractivity contribution < 1.29 is 13.9 Å². The largest absolute Gasteiger partial charge is 0.495 e. The van der Waals surface area contributed by atoms with E-state index in [1.165, 1.54) is 17.8 Å². The van der Waals surface area contributed by atoms with Crippen molar-refractivity contribution in [3.05, 3.63) is 101 Å². The van der Waals surface area contributed by atoms with E-state index >= 15 is 0 Å². The molecule has 1 aliphatic rings. The van der Waals surface area contributed by atoms with Crippen LogP contribution in [0.1, 0.15) is 37.9 Å². The molecular weight excluding hydrogens is 539 g/mol. The van der Waals surface area contributed by atoms with E-state index in [4.69, 9.17) is 9.84 Å². The summed E-state index contributed by atoms with van der Waals surface area (Å²) in [6, 6.07) is 21.6. The lowest BCUT2D eigenvalue weighted by molar-refractivity contribution is -0.113. The van der Waals surface area contributed by atoms with Crippen LogP contribution in [-0.4, -0.2) is 40.9 Å². The Kier molecular flexibility index (Phi) is 8.58. The fourth-order valence-corrected chi connectivity index (χ4v) is 5.76. The minimum Gasteiger partial charge on any atom is -0.495 e. The Hall–Kier alpha value is -4.31. The molecule has 10 heteroatoms. The van der Waals surface area contributed by atoms with E-state index in [1.54, 1.807) is 36.1 Å². The summed E-state index contributed by atoms with van der Waals surface area (Å²) in [5.74, 6) is 0.925. The molecule has 0 spiro atoms. The van der Waals surface area contributed by atoms with Crippen LogP contribution in [0.2, 0.25) is 0 Å². The molecule has 0 radical (unpaired) electrons. The lowest BCUT2D eigenvalue weighted by Crippen LogP contribution is -2.31. The van der Waals surface area contributed by atoms with Gasteiger partial charge in [0.1, 0.15) is 17.6 Å². The first kappa shape index (κ1) is 28.2. The van der Waals surface area contributed by atoms with Crippen LogP contribution in [-0.2, 0) is 10.5 Å². The number of thioether (sulfide) groups is 1. The minimum absolute atomic E-state index is 0.263. The second kappa shape index (κ2) is 12.5. The van der Waals surface area contributed by atoms with Crippen molar-refractivity contribution >= 4 is 35.0 Å². The highest BCUT2D eigenvalue weighted by molar-refractivity contribution is 7.98. The number of rotatable bonds is 10. The van der Waals surface area contributed by atoms with Crippen molar-refractivity contribution in [2.45, 2.75) is 37.7 Å². The third-order valence-corrected chi connectivity index (χ3v) is 7.97. The first-order valence-electron chi connectivity index (χ1n) is 13.5. The van der Waals surface area contributed by atoms with Crippen LogP contribution < -0.4 is 20.3 Å². The van der Waals surface area contributed by atoms with Crippen molar-refractivity contribution in [2.24, 2.45) is 0 Å². The van der Waals surface area contributed by atoms with Gasteiger partial charge in [0.15, 0.2) is 0 Å². The summed E-state index contributed by atoms with van der Waals surface area (Å²) in [5.41, 5.74) is 4.32. The number of para-hydroxylation sites is 2. The number of carbonyl (C=O) groups excluding carboxylic acids is 1. The molecule has 5 rings (SSSR count). The molecule has 41 heavy (non-hydrogen) atoms. The Morgan fingerprint density at radius 3 is 2.49 bits per heavy atom. The second-order valence-electron chi connectivity index (χ2n) is 9.53. The van der Waals surface area contributed by atoms with Crippen LogP contribution in [0.25, 0.3) is 0 Å². The maximum absolute atomic E-state index is 14.2. The first-order chi connectivity index (χ1) is 19.9. The van der Waals surface area contributed by atoms with Crippen molar-refractivity contribution in [3.63, 3.8) is 0 Å². The summed E-state index contributed by atoms with van der Waals surface area (Å²) >= 11 is 1.34. The summed E-state index contributed by atoms with van der Waals surface area (Å²) in [4.78, 5) is 20.8. The van der Waals surface area contributed by atoms with Gasteiger partial charge in [-0.2, -0.15) is 4.98 Å². The molecule has 0 aliphatic carbocycles. The SMILES string of the molecule is CCN(CC)c1ccc(C2C(C(=O)Nc3ccccc3OC)=C(C)Nc3nc(SCc4ccccc4F)nn32)cc1. The molecule has 212 valence electrons. The van der Waals surface area contributed by atoms with Crippen LogP contribution in [0.15, 0.2) is 89.2 Å². The van der Waals surface area contributed by atoms with Crippen LogP contribution >= 0.6 is 11.8 Å². The lowest BCUT2D eigenvalue weighted by Gasteiger charge is -2.29. The molecule has 1 atom stereocenters. The number of anilines is 3. The first-order valence-corrected chi connectivity index (χ1v) is 14.5. The summed E-state index contributed by atoms with van der Waals surface area (Å²) < 4.78 is 21.4. The number of allylic oxidation sites excluding steroid dienone is 1. The van der Waals surface area contributed by atoms with Gasteiger partial charge in [0.05, 0.1) is 18.4 Å².